The van der Waals surface area contributed by atoms with Gasteiger partial charge in [0.1, 0.15) is 11.6 Å². The van der Waals surface area contributed by atoms with E-state index in [2.05, 4.69) is 4.98 Å². The Bertz CT molecular complexity index is 369. The molecule has 2 N–H and O–H groups in total. The standard InChI is InChI=1S/C7H13N3O2S/c1-2-4-10-5-3-9-7(10)6-13(8,11)12/h3,5H,2,4,6H2,1H3,(H2,8,11,12). The highest BCUT2D eigenvalue weighted by Crippen LogP contribution is 2.02. The fraction of sp³-hybridized carbons (Fsp3) is 0.571. The maximum atomic E-state index is 10.8. The van der Waals surface area contributed by atoms with Gasteiger partial charge in [-0.2, -0.15) is 0 Å². The minimum atomic E-state index is -3.47. The zero-order chi connectivity index (χ0) is 9.90. The van der Waals surface area contributed by atoms with Gasteiger partial charge in [0, 0.05) is 18.9 Å². The Kier molecular flexibility index (Phi) is 3.05. The molecule has 0 saturated heterocycles. The van der Waals surface area contributed by atoms with Crippen molar-refractivity contribution in [3.63, 3.8) is 0 Å². The van der Waals surface area contributed by atoms with E-state index in [4.69, 9.17) is 5.14 Å². The van der Waals surface area contributed by atoms with Crippen molar-refractivity contribution in [2.45, 2.75) is 25.6 Å². The number of primary sulfonamides is 1. The van der Waals surface area contributed by atoms with E-state index in [1.165, 1.54) is 0 Å². The molecule has 6 heteroatoms. The Morgan fingerprint density at radius 3 is 2.85 bits per heavy atom. The lowest BCUT2D eigenvalue weighted by molar-refractivity contribution is 0.589. The van der Waals surface area contributed by atoms with Crippen LogP contribution in [0.25, 0.3) is 0 Å². The molecule has 1 heterocycles. The van der Waals surface area contributed by atoms with Crippen LogP contribution >= 0.6 is 0 Å². The van der Waals surface area contributed by atoms with E-state index in [-0.39, 0.29) is 5.75 Å². The number of rotatable bonds is 4. The van der Waals surface area contributed by atoms with Crippen LogP contribution in [0.5, 0.6) is 0 Å². The van der Waals surface area contributed by atoms with Crippen LogP contribution in [0.15, 0.2) is 12.4 Å². The van der Waals surface area contributed by atoms with Gasteiger partial charge in [0.25, 0.3) is 0 Å². The van der Waals surface area contributed by atoms with Gasteiger partial charge in [0.2, 0.25) is 10.0 Å². The van der Waals surface area contributed by atoms with Crippen molar-refractivity contribution in [3.05, 3.63) is 18.2 Å². The lowest BCUT2D eigenvalue weighted by Gasteiger charge is -2.03. The first-order valence-electron chi connectivity index (χ1n) is 4.03. The molecule has 0 aromatic carbocycles. The summed E-state index contributed by atoms with van der Waals surface area (Å²) in [4.78, 5) is 3.92. The highest BCUT2D eigenvalue weighted by molar-refractivity contribution is 7.88. The molecule has 5 nitrogen and oxygen atoms in total. The van der Waals surface area contributed by atoms with Gasteiger partial charge in [-0.25, -0.2) is 18.5 Å². The number of aryl methyl sites for hydroxylation is 1. The number of imidazole rings is 1. The Labute approximate surface area is 77.6 Å². The van der Waals surface area contributed by atoms with Crippen LogP contribution in [0.1, 0.15) is 19.2 Å². The summed E-state index contributed by atoms with van der Waals surface area (Å²) in [6.07, 6.45) is 4.27. The van der Waals surface area contributed by atoms with E-state index in [1.54, 1.807) is 17.0 Å². The molecule has 0 saturated carbocycles. The molecule has 13 heavy (non-hydrogen) atoms. The molecule has 1 aromatic heterocycles. The lowest BCUT2D eigenvalue weighted by atomic mass is 10.5. The van der Waals surface area contributed by atoms with Gasteiger partial charge in [0.05, 0.1) is 0 Å². The number of nitrogens with zero attached hydrogens (tertiary/aromatic N) is 2. The third-order valence-electron chi connectivity index (χ3n) is 1.60. The normalized spacial score (nSPS) is 11.8. The predicted molar refractivity (Wildman–Crippen MR) is 49.3 cm³/mol. The van der Waals surface area contributed by atoms with Crippen molar-refractivity contribution in [2.24, 2.45) is 5.14 Å². The number of hydrogen-bond acceptors (Lipinski definition) is 3. The average Bonchev–Trinajstić information content (AvgIpc) is 2.34. The van der Waals surface area contributed by atoms with Gasteiger partial charge in [-0.05, 0) is 6.42 Å². The van der Waals surface area contributed by atoms with Crippen molar-refractivity contribution >= 4 is 10.0 Å². The molecule has 74 valence electrons. The van der Waals surface area contributed by atoms with E-state index in [1.807, 2.05) is 6.92 Å². The van der Waals surface area contributed by atoms with E-state index >= 15 is 0 Å². The average molecular weight is 203 g/mol. The lowest BCUT2D eigenvalue weighted by Crippen LogP contribution is -2.17. The maximum absolute atomic E-state index is 10.8. The van der Waals surface area contributed by atoms with E-state index < -0.39 is 10.0 Å². The van der Waals surface area contributed by atoms with Crippen LogP contribution in [0.3, 0.4) is 0 Å². The zero-order valence-corrected chi connectivity index (χ0v) is 8.29. The van der Waals surface area contributed by atoms with Crippen LogP contribution in [-0.4, -0.2) is 18.0 Å². The number of nitrogens with two attached hydrogens (primary N) is 1. The molecule has 0 radical (unpaired) electrons. The quantitative estimate of drug-likeness (QED) is 0.752. The van der Waals surface area contributed by atoms with Crippen molar-refractivity contribution in [1.29, 1.82) is 0 Å². The topological polar surface area (TPSA) is 78.0 Å². The van der Waals surface area contributed by atoms with Gasteiger partial charge >= 0.3 is 0 Å². The monoisotopic (exact) mass is 203 g/mol. The van der Waals surface area contributed by atoms with Crippen LogP contribution in [0, 0.1) is 0 Å². The summed E-state index contributed by atoms with van der Waals surface area (Å²) >= 11 is 0. The molecule has 0 aliphatic carbocycles. The smallest absolute Gasteiger partial charge is 0.216 e. The zero-order valence-electron chi connectivity index (χ0n) is 7.47. The Morgan fingerprint density at radius 1 is 1.62 bits per heavy atom. The molecule has 0 aliphatic heterocycles. The first kappa shape index (κ1) is 10.2. The highest BCUT2D eigenvalue weighted by Gasteiger charge is 2.09. The molecular formula is C7H13N3O2S. The summed E-state index contributed by atoms with van der Waals surface area (Å²) in [5.74, 6) is 0.310. The second-order valence-electron chi connectivity index (χ2n) is 2.84. The minimum absolute atomic E-state index is 0.194. The second kappa shape index (κ2) is 3.89. The van der Waals surface area contributed by atoms with Crippen molar-refractivity contribution in [1.82, 2.24) is 9.55 Å². The van der Waals surface area contributed by atoms with Crippen molar-refractivity contribution in [2.75, 3.05) is 0 Å². The Balaban J connectivity index is 2.82. The second-order valence-corrected chi connectivity index (χ2v) is 4.46. The van der Waals surface area contributed by atoms with Gasteiger partial charge in [-0.1, -0.05) is 6.92 Å². The van der Waals surface area contributed by atoms with Crippen molar-refractivity contribution < 1.29 is 8.42 Å². The van der Waals surface area contributed by atoms with Gasteiger partial charge in [-0.3, -0.25) is 0 Å². The van der Waals surface area contributed by atoms with Crippen molar-refractivity contribution in [3.8, 4) is 0 Å². The number of sulfonamides is 1. The Morgan fingerprint density at radius 2 is 2.31 bits per heavy atom. The molecule has 0 fully saturated rings. The summed E-state index contributed by atoms with van der Waals surface area (Å²) < 4.78 is 23.4. The van der Waals surface area contributed by atoms with Crippen LogP contribution in [0.4, 0.5) is 0 Å². The third-order valence-corrected chi connectivity index (χ3v) is 2.26. The molecule has 0 atom stereocenters. The molecule has 1 aromatic rings. The summed E-state index contributed by atoms with van der Waals surface area (Å²) in [6, 6.07) is 0. The number of aromatic nitrogens is 2. The van der Waals surface area contributed by atoms with Gasteiger partial charge in [-0.15, -0.1) is 0 Å². The molecule has 0 unspecified atom stereocenters. The SMILES string of the molecule is CCCn1ccnc1CS(N)(=O)=O. The molecular weight excluding hydrogens is 190 g/mol. The fourth-order valence-electron chi connectivity index (χ4n) is 1.10. The van der Waals surface area contributed by atoms with E-state index in [9.17, 15) is 8.42 Å². The maximum Gasteiger partial charge on any atom is 0.216 e. The molecule has 0 aliphatic rings. The summed E-state index contributed by atoms with van der Waals surface area (Å²) in [5, 5.41) is 4.91. The Hall–Kier alpha value is -0.880. The highest BCUT2D eigenvalue weighted by atomic mass is 32.2. The first-order valence-corrected chi connectivity index (χ1v) is 5.75. The van der Waals surface area contributed by atoms with Crippen LogP contribution in [0.2, 0.25) is 0 Å². The van der Waals surface area contributed by atoms with Crippen LogP contribution in [-0.2, 0) is 22.3 Å². The summed E-state index contributed by atoms with van der Waals surface area (Å²) in [6.45, 7) is 2.78. The van der Waals surface area contributed by atoms with Gasteiger partial charge in [0.15, 0.2) is 0 Å². The fourth-order valence-corrected chi connectivity index (χ4v) is 1.70. The molecule has 0 amide bonds. The third kappa shape index (κ3) is 3.16. The minimum Gasteiger partial charge on any atom is -0.334 e. The van der Waals surface area contributed by atoms with Crippen LogP contribution < -0.4 is 5.14 Å². The summed E-state index contributed by atoms with van der Waals surface area (Å²) in [7, 11) is -3.47. The van der Waals surface area contributed by atoms with E-state index in [0.717, 1.165) is 13.0 Å². The largest absolute Gasteiger partial charge is 0.334 e. The first-order chi connectivity index (χ1) is 6.03. The predicted octanol–water partition coefficient (Wildman–Crippen LogP) is 0.0816. The summed E-state index contributed by atoms with van der Waals surface area (Å²) in [5.41, 5.74) is 0. The van der Waals surface area contributed by atoms with E-state index in [0.29, 0.717) is 5.82 Å². The molecule has 0 bridgehead atoms. The molecule has 1 rings (SSSR count). The molecule has 0 spiro atoms. The number of hydrogen-bond donors (Lipinski definition) is 1. The van der Waals surface area contributed by atoms with Gasteiger partial charge < -0.3 is 4.57 Å².